The molecular weight excluding hydrogens is 286 g/mol. The van der Waals surface area contributed by atoms with Crippen molar-refractivity contribution in [2.45, 2.75) is 0 Å². The molecule has 0 heterocycles. The second-order valence-corrected chi connectivity index (χ2v) is 3.75. The van der Waals surface area contributed by atoms with Gasteiger partial charge in [-0.25, -0.2) is 26.3 Å². The van der Waals surface area contributed by atoms with Crippen molar-refractivity contribution in [1.82, 2.24) is 0 Å². The molecule has 0 aliphatic rings. The van der Waals surface area contributed by atoms with Crippen LogP contribution in [0, 0.1) is 34.9 Å². The highest BCUT2D eigenvalue weighted by Crippen LogP contribution is 2.35. The first-order chi connectivity index (χ1) is 9.40. The number of halogens is 6. The first-order valence-corrected chi connectivity index (χ1v) is 5.17. The Kier molecular flexibility index (Phi) is 3.58. The van der Waals surface area contributed by atoms with Crippen molar-refractivity contribution in [3.8, 4) is 11.1 Å². The van der Waals surface area contributed by atoms with Gasteiger partial charge in [-0.1, -0.05) is 12.1 Å². The molecular formula is C12H6F6N2. The summed E-state index contributed by atoms with van der Waals surface area (Å²) in [5.41, 5.74) is -2.09. The first-order valence-electron chi connectivity index (χ1n) is 5.17. The van der Waals surface area contributed by atoms with E-state index in [-0.39, 0.29) is 0 Å². The summed E-state index contributed by atoms with van der Waals surface area (Å²) in [6.07, 6.45) is 0. The maximum Gasteiger partial charge on any atom is 0.187 e. The lowest BCUT2D eigenvalue weighted by Crippen LogP contribution is -2.14. The van der Waals surface area contributed by atoms with Gasteiger partial charge < -0.3 is 5.43 Å². The molecule has 0 radical (unpaired) electrons. The van der Waals surface area contributed by atoms with Crippen LogP contribution < -0.4 is 11.3 Å². The van der Waals surface area contributed by atoms with Crippen LogP contribution in [0.2, 0.25) is 0 Å². The molecule has 2 rings (SSSR count). The molecule has 2 nitrogen and oxygen atoms in total. The zero-order valence-corrected chi connectivity index (χ0v) is 9.58. The summed E-state index contributed by atoms with van der Waals surface area (Å²) in [4.78, 5) is 0. The van der Waals surface area contributed by atoms with Gasteiger partial charge in [-0.05, 0) is 6.07 Å². The van der Waals surface area contributed by atoms with Gasteiger partial charge in [-0.2, -0.15) is 0 Å². The lowest BCUT2D eigenvalue weighted by atomic mass is 10.0. The van der Waals surface area contributed by atoms with Crippen LogP contribution in [-0.2, 0) is 0 Å². The minimum atomic E-state index is -1.89. The molecule has 0 aliphatic heterocycles. The maximum absolute atomic E-state index is 13.7. The van der Waals surface area contributed by atoms with Crippen molar-refractivity contribution >= 4 is 5.69 Å². The molecule has 0 saturated heterocycles. The molecule has 106 valence electrons. The molecule has 0 aliphatic carbocycles. The number of hydrazine groups is 1. The SMILES string of the molecule is NNc1c(F)c(F)c(-c2cccc(F)c2F)c(F)c1F. The Morgan fingerprint density at radius 2 is 1.30 bits per heavy atom. The average Bonchev–Trinajstić information content (AvgIpc) is 2.42. The summed E-state index contributed by atoms with van der Waals surface area (Å²) in [5.74, 6) is -5.77. The number of nitrogen functional groups attached to an aromatic ring is 1. The van der Waals surface area contributed by atoms with E-state index in [4.69, 9.17) is 5.84 Å². The van der Waals surface area contributed by atoms with Gasteiger partial charge in [-0.15, -0.1) is 0 Å². The third-order valence-corrected chi connectivity index (χ3v) is 2.63. The number of nitrogens with two attached hydrogens (primary N) is 1. The minimum Gasteiger partial charge on any atom is -0.319 e. The number of anilines is 1. The Morgan fingerprint density at radius 1 is 0.750 bits per heavy atom. The van der Waals surface area contributed by atoms with Crippen LogP contribution >= 0.6 is 0 Å². The van der Waals surface area contributed by atoms with E-state index in [2.05, 4.69) is 0 Å². The van der Waals surface area contributed by atoms with Gasteiger partial charge in [0.05, 0.1) is 5.56 Å². The smallest absolute Gasteiger partial charge is 0.187 e. The maximum atomic E-state index is 13.7. The van der Waals surface area contributed by atoms with Crippen molar-refractivity contribution in [2.75, 3.05) is 5.43 Å². The Bertz CT molecular complexity index is 657. The van der Waals surface area contributed by atoms with Crippen molar-refractivity contribution < 1.29 is 26.3 Å². The predicted octanol–water partition coefficient (Wildman–Crippen LogP) is 3.47. The molecule has 0 fully saturated rings. The fourth-order valence-corrected chi connectivity index (χ4v) is 1.69. The first kappa shape index (κ1) is 14.2. The van der Waals surface area contributed by atoms with Gasteiger partial charge >= 0.3 is 0 Å². The summed E-state index contributed by atoms with van der Waals surface area (Å²) in [6.45, 7) is 0. The molecule has 20 heavy (non-hydrogen) atoms. The lowest BCUT2D eigenvalue weighted by molar-refractivity contribution is 0.459. The van der Waals surface area contributed by atoms with Crippen LogP contribution in [0.1, 0.15) is 0 Å². The number of hydrogen-bond donors (Lipinski definition) is 2. The van der Waals surface area contributed by atoms with E-state index >= 15 is 0 Å². The third kappa shape index (κ3) is 1.97. The van der Waals surface area contributed by atoms with Crippen LogP contribution in [0.3, 0.4) is 0 Å². The van der Waals surface area contributed by atoms with E-state index in [0.29, 0.717) is 6.07 Å². The van der Waals surface area contributed by atoms with Crippen LogP contribution in [0.15, 0.2) is 18.2 Å². The van der Waals surface area contributed by atoms with Gasteiger partial charge in [0.2, 0.25) is 0 Å². The van der Waals surface area contributed by atoms with Crippen molar-refractivity contribution in [3.63, 3.8) is 0 Å². The van der Waals surface area contributed by atoms with Gasteiger partial charge in [0, 0.05) is 5.56 Å². The van der Waals surface area contributed by atoms with E-state index in [1.807, 2.05) is 0 Å². The number of rotatable bonds is 2. The molecule has 0 bridgehead atoms. The topological polar surface area (TPSA) is 38.0 Å². The van der Waals surface area contributed by atoms with Crippen molar-refractivity contribution in [2.24, 2.45) is 5.84 Å². The largest absolute Gasteiger partial charge is 0.319 e. The van der Waals surface area contributed by atoms with E-state index in [1.54, 1.807) is 0 Å². The van der Waals surface area contributed by atoms with E-state index < -0.39 is 51.7 Å². The summed E-state index contributed by atoms with van der Waals surface area (Å²) in [6, 6.07) is 2.42. The summed E-state index contributed by atoms with van der Waals surface area (Å²) in [5, 5.41) is 0. The van der Waals surface area contributed by atoms with Crippen molar-refractivity contribution in [1.29, 1.82) is 0 Å². The normalized spacial score (nSPS) is 10.8. The molecule has 0 atom stereocenters. The molecule has 0 spiro atoms. The molecule has 8 heteroatoms. The van der Waals surface area contributed by atoms with Gasteiger partial charge in [0.1, 0.15) is 5.69 Å². The zero-order chi connectivity index (χ0) is 15.0. The molecule has 0 saturated carbocycles. The highest BCUT2D eigenvalue weighted by molar-refractivity contribution is 5.69. The number of hydrogen-bond acceptors (Lipinski definition) is 2. The number of nitrogens with one attached hydrogen (secondary N) is 1. The van der Waals surface area contributed by atoms with Crippen LogP contribution in [0.4, 0.5) is 32.0 Å². The predicted molar refractivity (Wildman–Crippen MR) is 59.4 cm³/mol. The highest BCUT2D eigenvalue weighted by atomic mass is 19.2. The highest BCUT2D eigenvalue weighted by Gasteiger charge is 2.28. The van der Waals surface area contributed by atoms with Crippen LogP contribution in [-0.4, -0.2) is 0 Å². The van der Waals surface area contributed by atoms with Crippen LogP contribution in [0.25, 0.3) is 11.1 Å². The Hall–Kier alpha value is -2.22. The van der Waals surface area contributed by atoms with E-state index in [9.17, 15) is 26.3 Å². The minimum absolute atomic E-state index is 0.692. The molecule has 2 aromatic carbocycles. The summed E-state index contributed by atoms with van der Waals surface area (Å²) >= 11 is 0. The fourth-order valence-electron chi connectivity index (χ4n) is 1.69. The molecule has 0 amide bonds. The monoisotopic (exact) mass is 292 g/mol. The number of benzene rings is 2. The average molecular weight is 292 g/mol. The Labute approximate surface area is 108 Å². The Morgan fingerprint density at radius 3 is 1.80 bits per heavy atom. The van der Waals surface area contributed by atoms with Gasteiger partial charge in [0.15, 0.2) is 34.9 Å². The van der Waals surface area contributed by atoms with Gasteiger partial charge in [-0.3, -0.25) is 5.84 Å². The van der Waals surface area contributed by atoms with E-state index in [1.165, 1.54) is 5.43 Å². The second kappa shape index (κ2) is 5.04. The quantitative estimate of drug-likeness (QED) is 0.385. The molecule has 3 N–H and O–H groups in total. The molecule has 0 unspecified atom stereocenters. The van der Waals surface area contributed by atoms with E-state index in [0.717, 1.165) is 12.1 Å². The summed E-state index contributed by atoms with van der Waals surface area (Å²) in [7, 11) is 0. The lowest BCUT2D eigenvalue weighted by Gasteiger charge is -2.12. The Balaban J connectivity index is 2.85. The summed E-state index contributed by atoms with van der Waals surface area (Å²) < 4.78 is 80.9. The van der Waals surface area contributed by atoms with Crippen molar-refractivity contribution in [3.05, 3.63) is 53.1 Å². The molecule has 2 aromatic rings. The molecule has 0 aromatic heterocycles. The standard InChI is InChI=1S/C12H6F6N2/c13-5-3-1-2-4(7(5)14)6-8(15)10(17)12(20-19)11(18)9(6)16/h1-3,20H,19H2. The third-order valence-electron chi connectivity index (χ3n) is 2.63. The fraction of sp³-hybridized carbons (Fsp3) is 0. The zero-order valence-electron chi connectivity index (χ0n) is 9.58. The van der Waals surface area contributed by atoms with Gasteiger partial charge in [0.25, 0.3) is 0 Å². The van der Waals surface area contributed by atoms with Crippen LogP contribution in [0.5, 0.6) is 0 Å². The second-order valence-electron chi connectivity index (χ2n) is 3.75.